The van der Waals surface area contributed by atoms with E-state index in [1.54, 1.807) is 18.3 Å². The molecule has 0 aliphatic heterocycles. The maximum absolute atomic E-state index is 13.4. The zero-order valence-electron chi connectivity index (χ0n) is 7.42. The number of hydrogen-bond acceptors (Lipinski definition) is 2. The molecular formula is C10H7BrFNO. The SMILES string of the molecule is COc1ccc(F)c2cc(Br)cnc12. The first-order chi connectivity index (χ1) is 6.72. The summed E-state index contributed by atoms with van der Waals surface area (Å²) in [4.78, 5) is 4.10. The maximum Gasteiger partial charge on any atom is 0.145 e. The van der Waals surface area contributed by atoms with Crippen molar-refractivity contribution in [2.45, 2.75) is 0 Å². The third-order valence-electron chi connectivity index (χ3n) is 1.95. The first kappa shape index (κ1) is 9.40. The Balaban J connectivity index is 2.84. The molecule has 0 atom stereocenters. The molecule has 0 spiro atoms. The van der Waals surface area contributed by atoms with Crippen molar-refractivity contribution >= 4 is 26.8 Å². The molecule has 1 aromatic heterocycles. The molecule has 0 radical (unpaired) electrons. The van der Waals surface area contributed by atoms with E-state index in [0.717, 1.165) is 4.47 Å². The van der Waals surface area contributed by atoms with Gasteiger partial charge >= 0.3 is 0 Å². The number of nitrogens with zero attached hydrogens (tertiary/aromatic N) is 1. The molecule has 2 aromatic rings. The summed E-state index contributed by atoms with van der Waals surface area (Å²) in [7, 11) is 1.54. The van der Waals surface area contributed by atoms with E-state index in [9.17, 15) is 4.39 Å². The number of benzene rings is 1. The molecule has 0 fully saturated rings. The summed E-state index contributed by atoms with van der Waals surface area (Å²) in [5, 5.41) is 0.457. The molecule has 0 aliphatic rings. The average Bonchev–Trinajstić information content (AvgIpc) is 2.19. The standard InChI is InChI=1S/C10H7BrFNO/c1-14-9-3-2-8(12)7-4-6(11)5-13-10(7)9/h2-5H,1H3. The predicted octanol–water partition coefficient (Wildman–Crippen LogP) is 3.15. The van der Waals surface area contributed by atoms with Crippen LogP contribution in [0.3, 0.4) is 0 Å². The summed E-state index contributed by atoms with van der Waals surface area (Å²) in [6.45, 7) is 0. The molecule has 2 rings (SSSR count). The van der Waals surface area contributed by atoms with Crippen LogP contribution < -0.4 is 4.74 Å². The first-order valence-corrected chi connectivity index (χ1v) is 4.79. The molecular weight excluding hydrogens is 249 g/mol. The quantitative estimate of drug-likeness (QED) is 0.781. The molecule has 4 heteroatoms. The zero-order valence-corrected chi connectivity index (χ0v) is 9.01. The molecule has 2 nitrogen and oxygen atoms in total. The van der Waals surface area contributed by atoms with Crippen LogP contribution in [-0.2, 0) is 0 Å². The minimum Gasteiger partial charge on any atom is -0.494 e. The monoisotopic (exact) mass is 255 g/mol. The average molecular weight is 256 g/mol. The summed E-state index contributed by atoms with van der Waals surface area (Å²) in [6.07, 6.45) is 1.62. The Morgan fingerprint density at radius 1 is 1.43 bits per heavy atom. The van der Waals surface area contributed by atoms with Gasteiger partial charge in [-0.2, -0.15) is 0 Å². The summed E-state index contributed by atoms with van der Waals surface area (Å²) >= 11 is 3.24. The Bertz CT molecular complexity index is 487. The molecule has 72 valence electrons. The van der Waals surface area contributed by atoms with E-state index in [1.165, 1.54) is 13.2 Å². The summed E-state index contributed by atoms with van der Waals surface area (Å²) in [5.74, 6) is 0.281. The van der Waals surface area contributed by atoms with Gasteiger partial charge in [0.15, 0.2) is 0 Å². The van der Waals surface area contributed by atoms with Crippen molar-refractivity contribution in [2.75, 3.05) is 7.11 Å². The van der Waals surface area contributed by atoms with Gasteiger partial charge in [-0.1, -0.05) is 0 Å². The van der Waals surface area contributed by atoms with E-state index < -0.39 is 0 Å². The minimum atomic E-state index is -0.297. The van der Waals surface area contributed by atoms with Crippen molar-refractivity contribution < 1.29 is 9.13 Å². The molecule has 1 aromatic carbocycles. The third-order valence-corrected chi connectivity index (χ3v) is 2.38. The number of rotatable bonds is 1. The van der Waals surface area contributed by atoms with Crippen molar-refractivity contribution in [3.8, 4) is 5.75 Å². The van der Waals surface area contributed by atoms with Gasteiger partial charge in [0.25, 0.3) is 0 Å². The van der Waals surface area contributed by atoms with Gasteiger partial charge in [0.05, 0.1) is 7.11 Å². The normalized spacial score (nSPS) is 10.5. The number of hydrogen-bond donors (Lipinski definition) is 0. The molecule has 0 saturated heterocycles. The van der Waals surface area contributed by atoms with Crippen molar-refractivity contribution in [1.82, 2.24) is 4.98 Å². The van der Waals surface area contributed by atoms with Gasteiger partial charge in [0.2, 0.25) is 0 Å². The Labute approximate surface area is 88.8 Å². The van der Waals surface area contributed by atoms with Crippen molar-refractivity contribution in [2.24, 2.45) is 0 Å². The van der Waals surface area contributed by atoms with Crippen LogP contribution in [0.2, 0.25) is 0 Å². The van der Waals surface area contributed by atoms with Gasteiger partial charge in [-0.25, -0.2) is 4.39 Å². The summed E-state index contributed by atoms with van der Waals surface area (Å²) < 4.78 is 19.2. The summed E-state index contributed by atoms with van der Waals surface area (Å²) in [5.41, 5.74) is 0.538. The van der Waals surface area contributed by atoms with E-state index in [2.05, 4.69) is 20.9 Å². The molecule has 0 aliphatic carbocycles. The van der Waals surface area contributed by atoms with Gasteiger partial charge in [0.1, 0.15) is 17.1 Å². The number of methoxy groups -OCH3 is 1. The molecule has 0 bridgehead atoms. The first-order valence-electron chi connectivity index (χ1n) is 4.00. The fourth-order valence-electron chi connectivity index (χ4n) is 1.30. The van der Waals surface area contributed by atoms with Crippen molar-refractivity contribution in [3.63, 3.8) is 0 Å². The van der Waals surface area contributed by atoms with Crippen LogP contribution in [0.15, 0.2) is 28.9 Å². The minimum absolute atomic E-state index is 0.297. The molecule has 0 N–H and O–H groups in total. The molecule has 0 amide bonds. The van der Waals surface area contributed by atoms with Crippen molar-refractivity contribution in [3.05, 3.63) is 34.7 Å². The largest absolute Gasteiger partial charge is 0.494 e. The second-order valence-electron chi connectivity index (χ2n) is 2.80. The topological polar surface area (TPSA) is 22.1 Å². The Morgan fingerprint density at radius 2 is 2.21 bits per heavy atom. The fourth-order valence-corrected chi connectivity index (χ4v) is 1.63. The summed E-state index contributed by atoms with van der Waals surface area (Å²) in [6, 6.07) is 4.62. The lowest BCUT2D eigenvalue weighted by molar-refractivity contribution is 0.418. The van der Waals surface area contributed by atoms with Crippen LogP contribution in [0.25, 0.3) is 10.9 Å². The van der Waals surface area contributed by atoms with Gasteiger partial charge in [-0.05, 0) is 34.1 Å². The maximum atomic E-state index is 13.4. The zero-order chi connectivity index (χ0) is 10.1. The van der Waals surface area contributed by atoms with Crippen molar-refractivity contribution in [1.29, 1.82) is 0 Å². The number of pyridine rings is 1. The van der Waals surface area contributed by atoms with Crippen LogP contribution in [0, 0.1) is 5.82 Å². The number of ether oxygens (including phenoxy) is 1. The third kappa shape index (κ3) is 1.46. The van der Waals surface area contributed by atoms with E-state index >= 15 is 0 Å². The van der Waals surface area contributed by atoms with Gasteiger partial charge in [-0.3, -0.25) is 4.98 Å². The lowest BCUT2D eigenvalue weighted by Gasteiger charge is -2.05. The van der Waals surface area contributed by atoms with E-state index in [4.69, 9.17) is 4.74 Å². The Kier molecular flexibility index (Phi) is 2.37. The number of aromatic nitrogens is 1. The second-order valence-corrected chi connectivity index (χ2v) is 3.72. The lowest BCUT2D eigenvalue weighted by Crippen LogP contribution is -1.89. The fraction of sp³-hybridized carbons (Fsp3) is 0.100. The van der Waals surface area contributed by atoms with E-state index in [1.807, 2.05) is 0 Å². The highest BCUT2D eigenvalue weighted by molar-refractivity contribution is 9.10. The molecule has 0 saturated carbocycles. The van der Waals surface area contributed by atoms with Gasteiger partial charge < -0.3 is 4.74 Å². The lowest BCUT2D eigenvalue weighted by atomic mass is 10.2. The number of halogens is 2. The van der Waals surface area contributed by atoms with Gasteiger partial charge in [0, 0.05) is 16.1 Å². The second kappa shape index (κ2) is 3.53. The van der Waals surface area contributed by atoms with Crippen LogP contribution in [0.5, 0.6) is 5.75 Å². The predicted molar refractivity (Wildman–Crippen MR) is 56.0 cm³/mol. The smallest absolute Gasteiger partial charge is 0.145 e. The van der Waals surface area contributed by atoms with E-state index in [-0.39, 0.29) is 5.82 Å². The van der Waals surface area contributed by atoms with E-state index in [0.29, 0.717) is 16.7 Å². The molecule has 0 unspecified atom stereocenters. The van der Waals surface area contributed by atoms with Crippen LogP contribution >= 0.6 is 15.9 Å². The number of fused-ring (bicyclic) bond motifs is 1. The highest BCUT2D eigenvalue weighted by Gasteiger charge is 2.07. The van der Waals surface area contributed by atoms with Crippen LogP contribution in [-0.4, -0.2) is 12.1 Å². The van der Waals surface area contributed by atoms with Crippen LogP contribution in [0.4, 0.5) is 4.39 Å². The van der Waals surface area contributed by atoms with Gasteiger partial charge in [-0.15, -0.1) is 0 Å². The van der Waals surface area contributed by atoms with Crippen LogP contribution in [0.1, 0.15) is 0 Å². The molecule has 1 heterocycles. The Morgan fingerprint density at radius 3 is 2.93 bits per heavy atom. The Hall–Kier alpha value is -1.16. The highest BCUT2D eigenvalue weighted by Crippen LogP contribution is 2.27. The molecule has 14 heavy (non-hydrogen) atoms. The highest BCUT2D eigenvalue weighted by atomic mass is 79.9.